The molecule has 0 amide bonds. The molecule has 2 rings (SSSR count). The molecule has 1 fully saturated rings. The number of aryl methyl sites for hydroxylation is 1. The van der Waals surface area contributed by atoms with Gasteiger partial charge in [-0.05, 0) is 44.4 Å². The fourth-order valence-corrected chi connectivity index (χ4v) is 2.50. The van der Waals surface area contributed by atoms with Crippen molar-refractivity contribution < 1.29 is 14.3 Å². The van der Waals surface area contributed by atoms with Crippen molar-refractivity contribution >= 4 is 5.97 Å². The van der Waals surface area contributed by atoms with Gasteiger partial charge in [-0.1, -0.05) is 25.3 Å². The molecule has 0 aliphatic heterocycles. The Morgan fingerprint density at radius 3 is 2.63 bits per heavy atom. The number of carbonyl (C=O) groups is 1. The van der Waals surface area contributed by atoms with E-state index in [-0.39, 0.29) is 11.9 Å². The van der Waals surface area contributed by atoms with Gasteiger partial charge < -0.3 is 9.47 Å². The standard InChI is InChI=1S/C16H22O3/c1-3-18-15-11-12(2)9-10-14(15)19-16(17)13-7-5-4-6-8-13/h9-11,13H,3-8H2,1-2H3. The van der Waals surface area contributed by atoms with Crippen molar-refractivity contribution in [3.63, 3.8) is 0 Å². The van der Waals surface area contributed by atoms with Gasteiger partial charge in [0.05, 0.1) is 12.5 Å². The Balaban J connectivity index is 2.06. The minimum Gasteiger partial charge on any atom is -0.490 e. The first-order chi connectivity index (χ1) is 9.20. The lowest BCUT2D eigenvalue weighted by Crippen LogP contribution is -2.23. The second-order valence-electron chi connectivity index (χ2n) is 5.14. The molecule has 3 heteroatoms. The molecule has 3 nitrogen and oxygen atoms in total. The predicted molar refractivity (Wildman–Crippen MR) is 74.6 cm³/mol. The van der Waals surface area contributed by atoms with Crippen LogP contribution in [0.5, 0.6) is 11.5 Å². The van der Waals surface area contributed by atoms with Crippen LogP contribution in [0.15, 0.2) is 18.2 Å². The SMILES string of the molecule is CCOc1cc(C)ccc1OC(=O)C1CCCCC1. The Labute approximate surface area is 114 Å². The summed E-state index contributed by atoms with van der Waals surface area (Å²) < 4.78 is 11.1. The Morgan fingerprint density at radius 1 is 1.21 bits per heavy atom. The van der Waals surface area contributed by atoms with Crippen molar-refractivity contribution in [1.82, 2.24) is 0 Å². The number of carbonyl (C=O) groups excluding carboxylic acids is 1. The van der Waals surface area contributed by atoms with E-state index in [1.807, 2.05) is 32.0 Å². The van der Waals surface area contributed by atoms with Gasteiger partial charge >= 0.3 is 5.97 Å². The lowest BCUT2D eigenvalue weighted by molar-refractivity contribution is -0.140. The monoisotopic (exact) mass is 262 g/mol. The van der Waals surface area contributed by atoms with Crippen molar-refractivity contribution in [3.05, 3.63) is 23.8 Å². The van der Waals surface area contributed by atoms with Crippen LogP contribution in [-0.4, -0.2) is 12.6 Å². The number of rotatable bonds is 4. The average molecular weight is 262 g/mol. The lowest BCUT2D eigenvalue weighted by atomic mass is 9.89. The average Bonchev–Trinajstić information content (AvgIpc) is 2.43. The van der Waals surface area contributed by atoms with E-state index in [4.69, 9.17) is 9.47 Å². The van der Waals surface area contributed by atoms with Gasteiger partial charge in [0.2, 0.25) is 0 Å². The first kappa shape index (κ1) is 13.9. The van der Waals surface area contributed by atoms with Crippen LogP contribution >= 0.6 is 0 Å². The van der Waals surface area contributed by atoms with E-state index >= 15 is 0 Å². The molecule has 1 saturated carbocycles. The van der Waals surface area contributed by atoms with E-state index in [9.17, 15) is 4.79 Å². The van der Waals surface area contributed by atoms with Gasteiger partial charge in [0.1, 0.15) is 0 Å². The maximum absolute atomic E-state index is 12.1. The molecule has 0 aromatic heterocycles. The topological polar surface area (TPSA) is 35.5 Å². The summed E-state index contributed by atoms with van der Waals surface area (Å²) in [5.41, 5.74) is 1.10. The quantitative estimate of drug-likeness (QED) is 0.610. The second-order valence-corrected chi connectivity index (χ2v) is 5.14. The second kappa shape index (κ2) is 6.60. The molecule has 0 bridgehead atoms. The third-order valence-corrected chi connectivity index (χ3v) is 3.55. The number of hydrogen-bond acceptors (Lipinski definition) is 3. The van der Waals surface area contributed by atoms with Crippen LogP contribution in [0.1, 0.15) is 44.6 Å². The van der Waals surface area contributed by atoms with Gasteiger partial charge in [0.15, 0.2) is 11.5 Å². The molecule has 1 aliphatic carbocycles. The zero-order valence-corrected chi connectivity index (χ0v) is 11.8. The zero-order valence-electron chi connectivity index (χ0n) is 11.8. The fraction of sp³-hybridized carbons (Fsp3) is 0.562. The Hall–Kier alpha value is -1.51. The summed E-state index contributed by atoms with van der Waals surface area (Å²) in [5.74, 6) is 1.16. The zero-order chi connectivity index (χ0) is 13.7. The van der Waals surface area contributed by atoms with Crippen LogP contribution in [-0.2, 0) is 4.79 Å². The van der Waals surface area contributed by atoms with Gasteiger partial charge in [-0.25, -0.2) is 0 Å². The van der Waals surface area contributed by atoms with E-state index in [2.05, 4.69) is 0 Å². The highest BCUT2D eigenvalue weighted by atomic mass is 16.6. The molecule has 0 atom stereocenters. The van der Waals surface area contributed by atoms with Crippen molar-refractivity contribution in [2.75, 3.05) is 6.61 Å². The van der Waals surface area contributed by atoms with Crippen LogP contribution < -0.4 is 9.47 Å². The van der Waals surface area contributed by atoms with E-state index in [0.717, 1.165) is 31.2 Å². The van der Waals surface area contributed by atoms with Crippen molar-refractivity contribution in [1.29, 1.82) is 0 Å². The highest BCUT2D eigenvalue weighted by molar-refractivity contribution is 5.76. The van der Waals surface area contributed by atoms with Gasteiger partial charge in [0.25, 0.3) is 0 Å². The van der Waals surface area contributed by atoms with Crippen LogP contribution in [0.4, 0.5) is 0 Å². The largest absolute Gasteiger partial charge is 0.490 e. The van der Waals surface area contributed by atoms with E-state index < -0.39 is 0 Å². The first-order valence-corrected chi connectivity index (χ1v) is 7.16. The van der Waals surface area contributed by atoms with Crippen molar-refractivity contribution in [3.8, 4) is 11.5 Å². The van der Waals surface area contributed by atoms with Crippen LogP contribution in [0.2, 0.25) is 0 Å². The molecule has 104 valence electrons. The molecule has 0 spiro atoms. The summed E-state index contributed by atoms with van der Waals surface area (Å²) in [7, 11) is 0. The molecular weight excluding hydrogens is 240 g/mol. The minimum atomic E-state index is -0.107. The third kappa shape index (κ3) is 3.72. The van der Waals surface area contributed by atoms with Crippen LogP contribution in [0, 0.1) is 12.8 Å². The number of benzene rings is 1. The predicted octanol–water partition coefficient (Wildman–Crippen LogP) is 3.88. The molecule has 0 radical (unpaired) electrons. The van der Waals surface area contributed by atoms with Gasteiger partial charge in [-0.15, -0.1) is 0 Å². The fourth-order valence-electron chi connectivity index (χ4n) is 2.50. The van der Waals surface area contributed by atoms with E-state index in [1.54, 1.807) is 0 Å². The molecule has 1 aromatic carbocycles. The molecule has 19 heavy (non-hydrogen) atoms. The highest BCUT2D eigenvalue weighted by Crippen LogP contribution is 2.31. The molecule has 0 N–H and O–H groups in total. The smallest absolute Gasteiger partial charge is 0.314 e. The number of ether oxygens (including phenoxy) is 2. The van der Waals surface area contributed by atoms with Gasteiger partial charge in [-0.2, -0.15) is 0 Å². The molecular formula is C16H22O3. The van der Waals surface area contributed by atoms with Crippen molar-refractivity contribution in [2.45, 2.75) is 46.0 Å². The van der Waals surface area contributed by atoms with Crippen LogP contribution in [0.3, 0.4) is 0 Å². The summed E-state index contributed by atoms with van der Waals surface area (Å²) in [6.45, 7) is 4.49. The molecule has 1 aliphatic rings. The maximum atomic E-state index is 12.1. The molecule has 0 saturated heterocycles. The van der Waals surface area contributed by atoms with E-state index in [1.165, 1.54) is 6.42 Å². The first-order valence-electron chi connectivity index (χ1n) is 7.16. The van der Waals surface area contributed by atoms with Gasteiger partial charge in [0, 0.05) is 0 Å². The Kier molecular flexibility index (Phi) is 4.83. The summed E-state index contributed by atoms with van der Waals surface area (Å²) in [6, 6.07) is 5.67. The third-order valence-electron chi connectivity index (χ3n) is 3.55. The summed E-state index contributed by atoms with van der Waals surface area (Å²) >= 11 is 0. The maximum Gasteiger partial charge on any atom is 0.314 e. The number of esters is 1. The molecule has 0 unspecified atom stereocenters. The summed E-state index contributed by atoms with van der Waals surface area (Å²) in [5, 5.41) is 0. The van der Waals surface area contributed by atoms with Crippen LogP contribution in [0.25, 0.3) is 0 Å². The Bertz CT molecular complexity index is 434. The summed E-state index contributed by atoms with van der Waals surface area (Å²) in [6.07, 6.45) is 5.40. The molecule has 1 aromatic rings. The summed E-state index contributed by atoms with van der Waals surface area (Å²) in [4.78, 5) is 12.1. The Morgan fingerprint density at radius 2 is 1.95 bits per heavy atom. The van der Waals surface area contributed by atoms with Crippen molar-refractivity contribution in [2.24, 2.45) is 5.92 Å². The van der Waals surface area contributed by atoms with Gasteiger partial charge in [-0.3, -0.25) is 4.79 Å². The highest BCUT2D eigenvalue weighted by Gasteiger charge is 2.23. The normalized spacial score (nSPS) is 16.1. The molecule has 0 heterocycles. The van der Waals surface area contributed by atoms with E-state index in [0.29, 0.717) is 18.1 Å². The lowest BCUT2D eigenvalue weighted by Gasteiger charge is -2.20. The number of hydrogen-bond donors (Lipinski definition) is 0. The minimum absolute atomic E-state index is 0.0597.